The molecule has 100 valence electrons. The van der Waals surface area contributed by atoms with Crippen LogP contribution >= 0.6 is 11.3 Å². The average Bonchev–Trinajstić information content (AvgIpc) is 2.96. The molecule has 0 bridgehead atoms. The summed E-state index contributed by atoms with van der Waals surface area (Å²) in [6.07, 6.45) is 7.10. The molecule has 3 atom stereocenters. The Bertz CT molecular complexity index is 351. The number of aromatic nitrogens is 1. The van der Waals surface area contributed by atoms with Gasteiger partial charge in [0.2, 0.25) is 0 Å². The van der Waals surface area contributed by atoms with E-state index in [1.54, 1.807) is 11.3 Å². The maximum absolute atomic E-state index is 4.36. The third kappa shape index (κ3) is 2.92. The molecule has 0 aromatic carbocycles. The molecule has 2 heterocycles. The molecule has 1 aliphatic carbocycles. The van der Waals surface area contributed by atoms with E-state index in [9.17, 15) is 0 Å². The van der Waals surface area contributed by atoms with Gasteiger partial charge in [-0.15, -0.1) is 11.3 Å². The molecule has 3 nitrogen and oxygen atoms in total. The van der Waals surface area contributed by atoms with Gasteiger partial charge in [0.25, 0.3) is 0 Å². The number of rotatable bonds is 4. The van der Waals surface area contributed by atoms with Crippen LogP contribution < -0.4 is 5.32 Å². The van der Waals surface area contributed by atoms with Gasteiger partial charge in [-0.1, -0.05) is 12.8 Å². The van der Waals surface area contributed by atoms with Gasteiger partial charge in [-0.25, -0.2) is 4.98 Å². The molecule has 3 unspecified atom stereocenters. The van der Waals surface area contributed by atoms with Gasteiger partial charge in [0.05, 0.1) is 11.2 Å². The summed E-state index contributed by atoms with van der Waals surface area (Å²) in [6, 6.07) is 1.51. The monoisotopic (exact) mass is 265 g/mol. The first-order valence-electron chi connectivity index (χ1n) is 7.13. The normalized spacial score (nSPS) is 31.8. The van der Waals surface area contributed by atoms with Gasteiger partial charge in [0.15, 0.2) is 0 Å². The summed E-state index contributed by atoms with van der Waals surface area (Å²) in [4.78, 5) is 6.77. The Morgan fingerprint density at radius 1 is 1.44 bits per heavy atom. The molecule has 1 N–H and O–H groups in total. The Morgan fingerprint density at radius 3 is 3.11 bits per heavy atom. The second-order valence-electron chi connectivity index (χ2n) is 5.93. The Balaban J connectivity index is 1.48. The molecule has 2 aliphatic rings. The number of hydrogen-bond donors (Lipinski definition) is 1. The minimum Gasteiger partial charge on any atom is -0.310 e. The zero-order valence-electron chi connectivity index (χ0n) is 11.1. The number of thiazole rings is 1. The molecule has 4 heteroatoms. The SMILES string of the molecule is CN(Cc1cscn1)CC1CC2CCCCC2N1. The maximum atomic E-state index is 4.36. The molecule has 1 saturated carbocycles. The molecule has 3 rings (SSSR count). The molecule has 0 radical (unpaired) electrons. The summed E-state index contributed by atoms with van der Waals surface area (Å²) in [5.41, 5.74) is 3.13. The largest absolute Gasteiger partial charge is 0.310 e. The minimum absolute atomic E-state index is 0.696. The van der Waals surface area contributed by atoms with Gasteiger partial charge in [0.1, 0.15) is 0 Å². The van der Waals surface area contributed by atoms with Crippen molar-refractivity contribution in [2.24, 2.45) is 5.92 Å². The lowest BCUT2D eigenvalue weighted by molar-refractivity contribution is 0.286. The van der Waals surface area contributed by atoms with E-state index in [4.69, 9.17) is 0 Å². The van der Waals surface area contributed by atoms with Crippen LogP contribution in [0.1, 0.15) is 37.8 Å². The standard InChI is InChI=1S/C14H23N3S/c1-17(8-13-9-18-10-15-13)7-12-6-11-4-2-3-5-14(11)16-12/h9-12,14,16H,2-8H2,1H3. The zero-order chi connectivity index (χ0) is 12.4. The number of nitrogens with one attached hydrogen (secondary N) is 1. The van der Waals surface area contributed by atoms with E-state index < -0.39 is 0 Å². The van der Waals surface area contributed by atoms with Gasteiger partial charge in [-0.3, -0.25) is 4.90 Å². The lowest BCUT2D eigenvalue weighted by Crippen LogP contribution is -2.39. The minimum atomic E-state index is 0.696. The van der Waals surface area contributed by atoms with E-state index in [2.05, 4.69) is 27.6 Å². The van der Waals surface area contributed by atoms with E-state index in [0.717, 1.165) is 25.0 Å². The average molecular weight is 265 g/mol. The first-order chi connectivity index (χ1) is 8.81. The lowest BCUT2D eigenvalue weighted by Gasteiger charge is -2.24. The molecule has 0 amide bonds. The third-order valence-corrected chi connectivity index (χ3v) is 5.03. The van der Waals surface area contributed by atoms with Crippen LogP contribution in [0.2, 0.25) is 0 Å². The smallest absolute Gasteiger partial charge is 0.0795 e. The van der Waals surface area contributed by atoms with Gasteiger partial charge >= 0.3 is 0 Å². The van der Waals surface area contributed by atoms with E-state index in [1.807, 2.05) is 5.51 Å². The quantitative estimate of drug-likeness (QED) is 0.906. The fourth-order valence-electron chi connectivity index (χ4n) is 3.61. The Labute approximate surface area is 114 Å². The van der Waals surface area contributed by atoms with Crippen LogP contribution in [0.15, 0.2) is 10.9 Å². The fraction of sp³-hybridized carbons (Fsp3) is 0.786. The van der Waals surface area contributed by atoms with E-state index in [1.165, 1.54) is 37.8 Å². The van der Waals surface area contributed by atoms with Crippen molar-refractivity contribution in [1.29, 1.82) is 0 Å². The number of nitrogens with zero attached hydrogens (tertiary/aromatic N) is 2. The van der Waals surface area contributed by atoms with Crippen LogP contribution in [0.4, 0.5) is 0 Å². The molecule has 1 aromatic heterocycles. The maximum Gasteiger partial charge on any atom is 0.0795 e. The molecule has 1 aromatic rings. The van der Waals surface area contributed by atoms with Crippen molar-refractivity contribution in [2.75, 3.05) is 13.6 Å². The number of hydrogen-bond acceptors (Lipinski definition) is 4. The molecular weight excluding hydrogens is 242 g/mol. The Hall–Kier alpha value is -0.450. The van der Waals surface area contributed by atoms with Crippen molar-refractivity contribution >= 4 is 11.3 Å². The highest BCUT2D eigenvalue weighted by Crippen LogP contribution is 2.33. The summed E-state index contributed by atoms with van der Waals surface area (Å²) < 4.78 is 0. The summed E-state index contributed by atoms with van der Waals surface area (Å²) >= 11 is 1.69. The molecule has 2 fully saturated rings. The predicted molar refractivity (Wildman–Crippen MR) is 75.7 cm³/mol. The van der Waals surface area contributed by atoms with Gasteiger partial charge < -0.3 is 5.32 Å². The first kappa shape index (κ1) is 12.6. The number of fused-ring (bicyclic) bond motifs is 1. The summed E-state index contributed by atoms with van der Waals surface area (Å²) in [6.45, 7) is 2.14. The summed E-state index contributed by atoms with van der Waals surface area (Å²) in [7, 11) is 2.21. The van der Waals surface area contributed by atoms with Crippen molar-refractivity contribution in [3.63, 3.8) is 0 Å². The first-order valence-corrected chi connectivity index (χ1v) is 8.07. The van der Waals surface area contributed by atoms with Crippen LogP contribution in [0, 0.1) is 5.92 Å². The summed E-state index contributed by atoms with van der Waals surface area (Å²) in [5, 5.41) is 6.00. The highest BCUT2D eigenvalue weighted by atomic mass is 32.1. The molecule has 0 spiro atoms. The second-order valence-corrected chi connectivity index (χ2v) is 6.65. The van der Waals surface area contributed by atoms with Crippen molar-refractivity contribution in [2.45, 2.75) is 50.7 Å². The molecule has 18 heavy (non-hydrogen) atoms. The van der Waals surface area contributed by atoms with E-state index in [-0.39, 0.29) is 0 Å². The third-order valence-electron chi connectivity index (χ3n) is 4.39. The van der Waals surface area contributed by atoms with Gasteiger partial charge in [-0.05, 0) is 32.2 Å². The molecule has 1 saturated heterocycles. The van der Waals surface area contributed by atoms with Gasteiger partial charge in [0, 0.05) is 30.6 Å². The Morgan fingerprint density at radius 2 is 2.33 bits per heavy atom. The van der Waals surface area contributed by atoms with Crippen molar-refractivity contribution in [1.82, 2.24) is 15.2 Å². The highest BCUT2D eigenvalue weighted by Gasteiger charge is 2.35. The van der Waals surface area contributed by atoms with E-state index >= 15 is 0 Å². The van der Waals surface area contributed by atoms with E-state index in [0.29, 0.717) is 6.04 Å². The zero-order valence-corrected chi connectivity index (χ0v) is 12.0. The van der Waals surface area contributed by atoms with Crippen LogP contribution in [0.25, 0.3) is 0 Å². The second kappa shape index (κ2) is 5.68. The van der Waals surface area contributed by atoms with Crippen LogP contribution in [0.3, 0.4) is 0 Å². The van der Waals surface area contributed by atoms with Crippen LogP contribution in [-0.2, 0) is 6.54 Å². The van der Waals surface area contributed by atoms with Crippen molar-refractivity contribution < 1.29 is 0 Å². The molecule has 1 aliphatic heterocycles. The summed E-state index contributed by atoms with van der Waals surface area (Å²) in [5.74, 6) is 0.955. The van der Waals surface area contributed by atoms with Crippen LogP contribution in [0.5, 0.6) is 0 Å². The topological polar surface area (TPSA) is 28.2 Å². The Kier molecular flexibility index (Phi) is 3.97. The number of likely N-dealkylation sites (N-methyl/N-ethyl adjacent to an activating group) is 1. The molecular formula is C14H23N3S. The van der Waals surface area contributed by atoms with Crippen molar-refractivity contribution in [3.8, 4) is 0 Å². The fourth-order valence-corrected chi connectivity index (χ4v) is 4.16. The van der Waals surface area contributed by atoms with Crippen LogP contribution in [-0.4, -0.2) is 35.6 Å². The lowest BCUT2D eigenvalue weighted by atomic mass is 9.85. The predicted octanol–water partition coefficient (Wildman–Crippen LogP) is 2.50. The van der Waals surface area contributed by atoms with Crippen molar-refractivity contribution in [3.05, 3.63) is 16.6 Å². The highest BCUT2D eigenvalue weighted by molar-refractivity contribution is 7.07. The van der Waals surface area contributed by atoms with Gasteiger partial charge in [-0.2, -0.15) is 0 Å².